The van der Waals surface area contributed by atoms with Gasteiger partial charge in [-0.2, -0.15) is 17.5 Å². The van der Waals surface area contributed by atoms with E-state index >= 15 is 0 Å². The van der Waals surface area contributed by atoms with Gasteiger partial charge in [0.25, 0.3) is 0 Å². The number of rotatable bonds is 6. The van der Waals surface area contributed by atoms with Gasteiger partial charge in [-0.15, -0.1) is 0 Å². The van der Waals surface area contributed by atoms with E-state index in [9.17, 15) is 30.8 Å². The lowest BCUT2D eigenvalue weighted by molar-refractivity contribution is -0.137. The Labute approximate surface area is 177 Å². The van der Waals surface area contributed by atoms with Crippen LogP contribution in [0, 0.1) is 5.82 Å². The highest BCUT2D eigenvalue weighted by atomic mass is 32.2. The third-order valence-corrected chi connectivity index (χ3v) is 6.85. The zero-order valence-corrected chi connectivity index (χ0v) is 17.2. The summed E-state index contributed by atoms with van der Waals surface area (Å²) in [6.07, 6.45) is -4.35. The van der Waals surface area contributed by atoms with Crippen LogP contribution >= 0.6 is 0 Å². The van der Waals surface area contributed by atoms with Crippen LogP contribution in [0.4, 0.5) is 23.2 Å². The van der Waals surface area contributed by atoms with E-state index in [0.29, 0.717) is 25.3 Å². The van der Waals surface area contributed by atoms with Crippen molar-refractivity contribution in [2.75, 3.05) is 38.0 Å². The van der Waals surface area contributed by atoms with Gasteiger partial charge < -0.3 is 10.2 Å². The lowest BCUT2D eigenvalue weighted by Gasteiger charge is -2.33. The molecule has 0 saturated carbocycles. The number of carbonyl (C=O) groups is 1. The lowest BCUT2D eigenvalue weighted by atomic mass is 10.2. The molecule has 2 aromatic carbocycles. The monoisotopic (exact) mass is 459 g/mol. The Morgan fingerprint density at radius 2 is 1.52 bits per heavy atom. The van der Waals surface area contributed by atoms with E-state index in [1.165, 1.54) is 28.6 Å². The Morgan fingerprint density at radius 3 is 2.06 bits per heavy atom. The fourth-order valence-electron chi connectivity index (χ4n) is 3.17. The SMILES string of the molecule is O=C(CCN1CCN(S(=O)(=O)c2ccc(C(F)(F)F)cc2)CC1)Nc1ccc(F)cc1. The molecule has 11 heteroatoms. The van der Waals surface area contributed by atoms with Gasteiger partial charge in [0, 0.05) is 44.8 Å². The van der Waals surface area contributed by atoms with Crippen LogP contribution in [-0.2, 0) is 21.0 Å². The van der Waals surface area contributed by atoms with Crippen molar-refractivity contribution in [3.63, 3.8) is 0 Å². The Balaban J connectivity index is 1.49. The summed E-state index contributed by atoms with van der Waals surface area (Å²) in [5, 5.41) is 2.66. The number of benzene rings is 2. The molecule has 0 unspecified atom stereocenters. The summed E-state index contributed by atoms with van der Waals surface area (Å²) >= 11 is 0. The van der Waals surface area contributed by atoms with Gasteiger partial charge in [-0.3, -0.25) is 4.79 Å². The van der Waals surface area contributed by atoms with Gasteiger partial charge in [0.2, 0.25) is 15.9 Å². The molecule has 1 amide bonds. The minimum absolute atomic E-state index is 0.170. The van der Waals surface area contributed by atoms with E-state index in [2.05, 4.69) is 5.32 Å². The topological polar surface area (TPSA) is 69.7 Å². The normalized spacial score (nSPS) is 16.3. The average Bonchev–Trinajstić information content (AvgIpc) is 2.74. The highest BCUT2D eigenvalue weighted by molar-refractivity contribution is 7.89. The molecule has 1 aliphatic rings. The van der Waals surface area contributed by atoms with Crippen LogP contribution in [0.15, 0.2) is 53.4 Å². The van der Waals surface area contributed by atoms with E-state index in [1.54, 1.807) is 0 Å². The minimum atomic E-state index is -4.53. The van der Waals surface area contributed by atoms with Crippen LogP contribution in [-0.4, -0.2) is 56.3 Å². The van der Waals surface area contributed by atoms with Crippen molar-refractivity contribution in [1.29, 1.82) is 0 Å². The predicted molar refractivity (Wildman–Crippen MR) is 106 cm³/mol. The molecule has 6 nitrogen and oxygen atoms in total. The molecule has 0 bridgehead atoms. The van der Waals surface area contributed by atoms with Crippen molar-refractivity contribution in [2.24, 2.45) is 0 Å². The first kappa shape index (κ1) is 23.2. The number of nitrogens with zero attached hydrogens (tertiary/aromatic N) is 2. The van der Waals surface area contributed by atoms with Gasteiger partial charge in [-0.1, -0.05) is 0 Å². The van der Waals surface area contributed by atoms with Crippen LogP contribution < -0.4 is 5.32 Å². The number of piperazine rings is 1. The number of carbonyl (C=O) groups excluding carboxylic acids is 1. The molecule has 2 aromatic rings. The summed E-state index contributed by atoms with van der Waals surface area (Å²) in [6.45, 7) is 1.54. The largest absolute Gasteiger partial charge is 0.416 e. The Bertz CT molecular complexity index is 1000. The standard InChI is InChI=1S/C20H21F4N3O3S/c21-16-3-5-17(6-4-16)25-19(28)9-10-26-11-13-27(14-12-26)31(29,30)18-7-1-15(2-8-18)20(22,23)24/h1-8H,9-14H2,(H,25,28). The summed E-state index contributed by atoms with van der Waals surface area (Å²) < 4.78 is 77.5. The van der Waals surface area contributed by atoms with Gasteiger partial charge in [0.05, 0.1) is 10.5 Å². The van der Waals surface area contributed by atoms with Crippen LogP contribution in [0.5, 0.6) is 0 Å². The van der Waals surface area contributed by atoms with Crippen molar-refractivity contribution < 1.29 is 30.8 Å². The third kappa shape index (κ3) is 6.02. The second-order valence-corrected chi connectivity index (χ2v) is 9.01. The average molecular weight is 459 g/mol. The maximum Gasteiger partial charge on any atom is 0.416 e. The van der Waals surface area contributed by atoms with Crippen LogP contribution in [0.3, 0.4) is 0 Å². The number of nitrogens with one attached hydrogen (secondary N) is 1. The molecule has 1 fully saturated rings. The highest BCUT2D eigenvalue weighted by Crippen LogP contribution is 2.30. The maximum atomic E-state index is 12.9. The summed E-state index contributed by atoms with van der Waals surface area (Å²) in [5.41, 5.74) is -0.422. The molecule has 31 heavy (non-hydrogen) atoms. The molecule has 168 valence electrons. The number of anilines is 1. The van der Waals surface area contributed by atoms with Gasteiger partial charge in [-0.05, 0) is 48.5 Å². The molecular weight excluding hydrogens is 438 g/mol. The first-order valence-corrected chi connectivity index (χ1v) is 10.9. The molecule has 1 N–H and O–H groups in total. The molecule has 1 heterocycles. The zero-order valence-electron chi connectivity index (χ0n) is 16.4. The summed E-state index contributed by atoms with van der Waals surface area (Å²) in [7, 11) is -3.89. The maximum absolute atomic E-state index is 12.9. The van der Waals surface area contributed by atoms with E-state index in [0.717, 1.165) is 24.3 Å². The quantitative estimate of drug-likeness (QED) is 0.674. The van der Waals surface area contributed by atoms with Crippen LogP contribution in [0.25, 0.3) is 0 Å². The smallest absolute Gasteiger partial charge is 0.326 e. The molecule has 3 rings (SSSR count). The first-order chi connectivity index (χ1) is 14.6. The van der Waals surface area contributed by atoms with Crippen molar-refractivity contribution >= 4 is 21.6 Å². The second-order valence-electron chi connectivity index (χ2n) is 7.07. The van der Waals surface area contributed by atoms with E-state index < -0.39 is 27.6 Å². The highest BCUT2D eigenvalue weighted by Gasteiger charge is 2.32. The van der Waals surface area contributed by atoms with Crippen molar-refractivity contribution in [3.05, 3.63) is 59.9 Å². The summed E-state index contributed by atoms with van der Waals surface area (Å²) in [5.74, 6) is -0.645. The van der Waals surface area contributed by atoms with Gasteiger partial charge >= 0.3 is 6.18 Å². The Kier molecular flexibility index (Phi) is 6.97. The van der Waals surface area contributed by atoms with Crippen molar-refractivity contribution in [2.45, 2.75) is 17.5 Å². The number of hydrogen-bond donors (Lipinski definition) is 1. The lowest BCUT2D eigenvalue weighted by Crippen LogP contribution is -2.49. The molecular formula is C20H21F4N3O3S. The number of alkyl halides is 3. The molecule has 0 atom stereocenters. The number of sulfonamides is 1. The Morgan fingerprint density at radius 1 is 0.935 bits per heavy atom. The minimum Gasteiger partial charge on any atom is -0.326 e. The van der Waals surface area contributed by atoms with Crippen LogP contribution in [0.1, 0.15) is 12.0 Å². The van der Waals surface area contributed by atoms with Crippen molar-refractivity contribution in [1.82, 2.24) is 9.21 Å². The van der Waals surface area contributed by atoms with Gasteiger partial charge in [0.1, 0.15) is 5.82 Å². The first-order valence-electron chi connectivity index (χ1n) is 9.51. The molecule has 0 spiro atoms. The van der Waals surface area contributed by atoms with Crippen LogP contribution in [0.2, 0.25) is 0 Å². The fourth-order valence-corrected chi connectivity index (χ4v) is 4.60. The van der Waals surface area contributed by atoms with Gasteiger partial charge in [0.15, 0.2) is 0 Å². The molecule has 0 radical (unpaired) electrons. The molecule has 1 aliphatic heterocycles. The summed E-state index contributed by atoms with van der Waals surface area (Å²) in [4.78, 5) is 13.8. The fraction of sp³-hybridized carbons (Fsp3) is 0.350. The molecule has 0 aromatic heterocycles. The Hall–Kier alpha value is -2.50. The van der Waals surface area contributed by atoms with Gasteiger partial charge in [-0.25, -0.2) is 12.8 Å². The van der Waals surface area contributed by atoms with E-state index in [1.807, 2.05) is 4.90 Å². The number of hydrogen-bond acceptors (Lipinski definition) is 4. The molecule has 0 aliphatic carbocycles. The van der Waals surface area contributed by atoms with E-state index in [-0.39, 0.29) is 30.3 Å². The number of amides is 1. The predicted octanol–water partition coefficient (Wildman–Crippen LogP) is 3.18. The third-order valence-electron chi connectivity index (χ3n) is 4.93. The zero-order chi connectivity index (χ0) is 22.6. The van der Waals surface area contributed by atoms with Crippen molar-refractivity contribution in [3.8, 4) is 0 Å². The molecule has 1 saturated heterocycles. The number of halogens is 4. The summed E-state index contributed by atoms with van der Waals surface area (Å²) in [6, 6.07) is 8.83. The van der Waals surface area contributed by atoms with E-state index in [4.69, 9.17) is 0 Å². The second kappa shape index (κ2) is 9.33.